The van der Waals surface area contributed by atoms with E-state index in [1.54, 1.807) is 12.1 Å². The Kier molecular flexibility index (Phi) is 6.02. The second-order valence-corrected chi connectivity index (χ2v) is 7.05. The van der Waals surface area contributed by atoms with E-state index in [0.717, 1.165) is 44.3 Å². The fourth-order valence-corrected chi connectivity index (χ4v) is 3.62. The maximum Gasteiger partial charge on any atom is 0.237 e. The van der Waals surface area contributed by atoms with E-state index in [2.05, 4.69) is 10.6 Å². The minimum absolute atomic E-state index is 0.0557. The fraction of sp³-hybridized carbons (Fsp3) is 0.579. The molecule has 2 saturated heterocycles. The van der Waals surface area contributed by atoms with Crippen molar-refractivity contribution in [3.05, 3.63) is 35.6 Å². The molecule has 1 aromatic carbocycles. The third-order valence-corrected chi connectivity index (χ3v) is 5.08. The Morgan fingerprint density at radius 2 is 2.00 bits per heavy atom. The maximum absolute atomic E-state index is 13.0. The molecular formula is C19H26FN3O2. The zero-order valence-electron chi connectivity index (χ0n) is 14.5. The monoisotopic (exact) mass is 347 g/mol. The number of hydrogen-bond acceptors (Lipinski definition) is 3. The van der Waals surface area contributed by atoms with Crippen LogP contribution in [0.15, 0.2) is 24.3 Å². The van der Waals surface area contributed by atoms with Crippen molar-refractivity contribution in [1.82, 2.24) is 15.5 Å². The molecule has 2 fully saturated rings. The van der Waals surface area contributed by atoms with Gasteiger partial charge < -0.3 is 15.5 Å². The van der Waals surface area contributed by atoms with Crippen LogP contribution in [-0.4, -0.2) is 48.9 Å². The average Bonchev–Trinajstić information content (AvgIpc) is 3.16. The lowest BCUT2D eigenvalue weighted by Gasteiger charge is -2.33. The molecule has 0 radical (unpaired) electrons. The molecule has 2 N–H and O–H groups in total. The number of piperidine rings is 1. The Labute approximate surface area is 148 Å². The smallest absolute Gasteiger partial charge is 0.237 e. The molecule has 0 saturated carbocycles. The van der Waals surface area contributed by atoms with Crippen molar-refractivity contribution in [3.63, 3.8) is 0 Å². The number of nitrogens with zero attached hydrogens (tertiary/aromatic N) is 1. The summed E-state index contributed by atoms with van der Waals surface area (Å²) in [6.07, 6.45) is 4.23. The van der Waals surface area contributed by atoms with Gasteiger partial charge in [-0.05, 0) is 55.8 Å². The molecular weight excluding hydrogens is 321 g/mol. The summed E-state index contributed by atoms with van der Waals surface area (Å²) < 4.78 is 13.0. The number of carbonyl (C=O) groups excluding carboxylic acids is 2. The van der Waals surface area contributed by atoms with Crippen LogP contribution >= 0.6 is 0 Å². The molecule has 2 aliphatic heterocycles. The predicted molar refractivity (Wildman–Crippen MR) is 93.4 cm³/mol. The molecule has 5 nitrogen and oxygen atoms in total. The van der Waals surface area contributed by atoms with Gasteiger partial charge in [0.1, 0.15) is 5.82 Å². The molecule has 0 aliphatic carbocycles. The lowest BCUT2D eigenvalue weighted by Crippen LogP contribution is -2.47. The second-order valence-electron chi connectivity index (χ2n) is 7.05. The van der Waals surface area contributed by atoms with Gasteiger partial charge in [0.05, 0.1) is 12.5 Å². The highest BCUT2D eigenvalue weighted by Gasteiger charge is 2.26. The van der Waals surface area contributed by atoms with E-state index >= 15 is 0 Å². The highest BCUT2D eigenvalue weighted by atomic mass is 19.1. The van der Waals surface area contributed by atoms with Crippen molar-refractivity contribution in [2.45, 2.75) is 38.1 Å². The zero-order valence-corrected chi connectivity index (χ0v) is 14.5. The van der Waals surface area contributed by atoms with Crippen molar-refractivity contribution in [2.24, 2.45) is 5.92 Å². The zero-order chi connectivity index (χ0) is 17.6. The molecule has 0 spiro atoms. The molecule has 0 unspecified atom stereocenters. The van der Waals surface area contributed by atoms with E-state index < -0.39 is 0 Å². The SMILES string of the molecule is O=C(NC[C@@H]1CCCN(C(=O)Cc2ccc(F)cc2)C1)[C@H]1CCCN1. The number of likely N-dealkylation sites (tertiary alicyclic amines) is 1. The first kappa shape index (κ1) is 17.9. The van der Waals surface area contributed by atoms with Crippen molar-refractivity contribution < 1.29 is 14.0 Å². The summed E-state index contributed by atoms with van der Waals surface area (Å²) in [7, 11) is 0. The molecule has 0 aromatic heterocycles. The van der Waals surface area contributed by atoms with Gasteiger partial charge in [-0.3, -0.25) is 9.59 Å². The summed E-state index contributed by atoms with van der Waals surface area (Å²) in [6.45, 7) is 2.97. The number of hydrogen-bond donors (Lipinski definition) is 2. The van der Waals surface area contributed by atoms with Gasteiger partial charge in [-0.2, -0.15) is 0 Å². The van der Waals surface area contributed by atoms with E-state index in [-0.39, 0.29) is 23.7 Å². The van der Waals surface area contributed by atoms with Crippen LogP contribution in [0.1, 0.15) is 31.2 Å². The van der Waals surface area contributed by atoms with Crippen molar-refractivity contribution in [2.75, 3.05) is 26.2 Å². The molecule has 0 bridgehead atoms. The topological polar surface area (TPSA) is 61.4 Å². The maximum atomic E-state index is 13.0. The highest BCUT2D eigenvalue weighted by molar-refractivity contribution is 5.82. The summed E-state index contributed by atoms with van der Waals surface area (Å²) in [5, 5.41) is 6.23. The summed E-state index contributed by atoms with van der Waals surface area (Å²) in [5.74, 6) is 0.158. The molecule has 2 atom stereocenters. The molecule has 1 aromatic rings. The number of rotatable bonds is 5. The number of carbonyl (C=O) groups is 2. The summed E-state index contributed by atoms with van der Waals surface area (Å²) in [6, 6.07) is 6.02. The molecule has 25 heavy (non-hydrogen) atoms. The lowest BCUT2D eigenvalue weighted by molar-refractivity contribution is -0.132. The van der Waals surface area contributed by atoms with Crippen LogP contribution in [0.25, 0.3) is 0 Å². The molecule has 2 heterocycles. The number of amides is 2. The van der Waals surface area contributed by atoms with Gasteiger partial charge in [-0.1, -0.05) is 12.1 Å². The standard InChI is InChI=1S/C19H26FN3O2/c20-16-7-5-14(6-8-16)11-18(24)23-10-2-3-15(13-23)12-22-19(25)17-4-1-9-21-17/h5-8,15,17,21H,1-4,9-13H2,(H,22,25)/t15-,17+/m0/s1. The first-order valence-corrected chi connectivity index (χ1v) is 9.15. The Balaban J connectivity index is 1.46. The van der Waals surface area contributed by atoms with Gasteiger partial charge in [0, 0.05) is 19.6 Å². The molecule has 2 aliphatic rings. The summed E-state index contributed by atoms with van der Waals surface area (Å²) in [4.78, 5) is 26.4. The second kappa shape index (κ2) is 8.43. The third-order valence-electron chi connectivity index (χ3n) is 5.08. The molecule has 3 rings (SSSR count). The van der Waals surface area contributed by atoms with E-state index in [4.69, 9.17) is 0 Å². The molecule has 136 valence electrons. The largest absolute Gasteiger partial charge is 0.354 e. The van der Waals surface area contributed by atoms with E-state index in [9.17, 15) is 14.0 Å². The van der Waals surface area contributed by atoms with Gasteiger partial charge in [-0.15, -0.1) is 0 Å². The van der Waals surface area contributed by atoms with Crippen LogP contribution in [0, 0.1) is 11.7 Å². The molecule has 2 amide bonds. The van der Waals surface area contributed by atoms with Gasteiger partial charge >= 0.3 is 0 Å². The third kappa shape index (κ3) is 5.01. The van der Waals surface area contributed by atoms with Gasteiger partial charge in [0.15, 0.2) is 0 Å². The first-order chi connectivity index (χ1) is 12.1. The average molecular weight is 347 g/mol. The van der Waals surface area contributed by atoms with Crippen LogP contribution in [0.5, 0.6) is 0 Å². The van der Waals surface area contributed by atoms with Gasteiger partial charge in [-0.25, -0.2) is 4.39 Å². The van der Waals surface area contributed by atoms with Crippen molar-refractivity contribution in [3.8, 4) is 0 Å². The van der Waals surface area contributed by atoms with Crippen LogP contribution in [0.4, 0.5) is 4.39 Å². The number of halogens is 1. The van der Waals surface area contributed by atoms with Gasteiger partial charge in [0.25, 0.3) is 0 Å². The van der Waals surface area contributed by atoms with Crippen LogP contribution in [-0.2, 0) is 16.0 Å². The quantitative estimate of drug-likeness (QED) is 0.848. The minimum Gasteiger partial charge on any atom is -0.354 e. The van der Waals surface area contributed by atoms with E-state index in [1.165, 1.54) is 12.1 Å². The summed E-state index contributed by atoms with van der Waals surface area (Å²) in [5.41, 5.74) is 0.828. The van der Waals surface area contributed by atoms with E-state index in [1.807, 2.05) is 4.90 Å². The minimum atomic E-state index is -0.290. The number of nitrogens with one attached hydrogen (secondary N) is 2. The van der Waals surface area contributed by atoms with Crippen molar-refractivity contribution >= 4 is 11.8 Å². The highest BCUT2D eigenvalue weighted by Crippen LogP contribution is 2.17. The van der Waals surface area contributed by atoms with Crippen LogP contribution < -0.4 is 10.6 Å². The van der Waals surface area contributed by atoms with Crippen molar-refractivity contribution in [1.29, 1.82) is 0 Å². The summed E-state index contributed by atoms with van der Waals surface area (Å²) >= 11 is 0. The van der Waals surface area contributed by atoms with Crippen LogP contribution in [0.2, 0.25) is 0 Å². The Bertz CT molecular complexity index is 599. The normalized spacial score (nSPS) is 23.5. The number of benzene rings is 1. The van der Waals surface area contributed by atoms with Crippen LogP contribution in [0.3, 0.4) is 0 Å². The lowest BCUT2D eigenvalue weighted by atomic mass is 9.97. The van der Waals surface area contributed by atoms with Gasteiger partial charge in [0.2, 0.25) is 11.8 Å². The molecule has 6 heteroatoms. The Morgan fingerprint density at radius 3 is 2.72 bits per heavy atom. The van der Waals surface area contributed by atoms with E-state index in [0.29, 0.717) is 25.4 Å². The Morgan fingerprint density at radius 1 is 1.20 bits per heavy atom. The Hall–Kier alpha value is -1.95. The predicted octanol–water partition coefficient (Wildman–Crippen LogP) is 1.47. The first-order valence-electron chi connectivity index (χ1n) is 9.15. The fourth-order valence-electron chi connectivity index (χ4n) is 3.62.